The van der Waals surface area contributed by atoms with Gasteiger partial charge in [0.1, 0.15) is 5.65 Å². The van der Waals surface area contributed by atoms with Gasteiger partial charge in [0.15, 0.2) is 5.96 Å². The number of hydrogen-bond donors (Lipinski definition) is 2. The lowest BCUT2D eigenvalue weighted by Gasteiger charge is -2.31. The molecule has 174 valence electrons. The van der Waals surface area contributed by atoms with Gasteiger partial charge in [0.2, 0.25) is 0 Å². The minimum Gasteiger partial charge on any atom is -0.356 e. The monoisotopic (exact) mass is 574 g/mol. The topological polar surface area (TPSA) is 91.1 Å². The van der Waals surface area contributed by atoms with Crippen LogP contribution in [0.1, 0.15) is 18.5 Å². The third kappa shape index (κ3) is 6.44. The van der Waals surface area contributed by atoms with E-state index in [2.05, 4.69) is 20.6 Å². The molecule has 1 aliphatic heterocycles. The molecule has 31 heavy (non-hydrogen) atoms. The SMILES string of the molecule is CN=C(NCCc1cn2ccccc2n1)NCC1CCN(S(=O)(=O)C(F)(F)F)CC1.I. The van der Waals surface area contributed by atoms with Crippen molar-refractivity contribution in [2.75, 3.05) is 33.2 Å². The van der Waals surface area contributed by atoms with Gasteiger partial charge in [-0.1, -0.05) is 6.07 Å². The first-order valence-corrected chi connectivity index (χ1v) is 11.1. The van der Waals surface area contributed by atoms with Crippen molar-refractivity contribution < 1.29 is 21.6 Å². The molecule has 2 N–H and O–H groups in total. The molecular formula is C18H26F3IN6O2S. The first kappa shape index (κ1) is 25.6. The summed E-state index contributed by atoms with van der Waals surface area (Å²) < 4.78 is 63.3. The lowest BCUT2D eigenvalue weighted by atomic mass is 9.98. The highest BCUT2D eigenvalue weighted by molar-refractivity contribution is 14.0. The van der Waals surface area contributed by atoms with E-state index < -0.39 is 15.5 Å². The van der Waals surface area contributed by atoms with Crippen LogP contribution in [0.15, 0.2) is 35.6 Å². The Kier molecular flexibility index (Phi) is 8.94. The first-order valence-electron chi connectivity index (χ1n) is 9.64. The van der Waals surface area contributed by atoms with E-state index in [4.69, 9.17) is 0 Å². The predicted molar refractivity (Wildman–Crippen MR) is 123 cm³/mol. The quantitative estimate of drug-likeness (QED) is 0.314. The van der Waals surface area contributed by atoms with E-state index in [9.17, 15) is 21.6 Å². The van der Waals surface area contributed by atoms with Crippen molar-refractivity contribution in [3.05, 3.63) is 36.3 Å². The number of aliphatic imine (C=N–C) groups is 1. The number of imidazole rings is 1. The number of nitrogens with one attached hydrogen (secondary N) is 2. The van der Waals surface area contributed by atoms with E-state index >= 15 is 0 Å². The van der Waals surface area contributed by atoms with Crippen molar-refractivity contribution in [2.24, 2.45) is 10.9 Å². The van der Waals surface area contributed by atoms with Gasteiger partial charge >= 0.3 is 15.5 Å². The number of piperidine rings is 1. The molecule has 0 unspecified atom stereocenters. The van der Waals surface area contributed by atoms with Crippen LogP contribution < -0.4 is 10.6 Å². The smallest absolute Gasteiger partial charge is 0.356 e. The molecule has 8 nitrogen and oxygen atoms in total. The molecule has 3 rings (SSSR count). The maximum Gasteiger partial charge on any atom is 0.511 e. The van der Waals surface area contributed by atoms with Gasteiger partial charge < -0.3 is 15.0 Å². The Morgan fingerprint density at radius 1 is 1.26 bits per heavy atom. The predicted octanol–water partition coefficient (Wildman–Crippen LogP) is 2.22. The van der Waals surface area contributed by atoms with Crippen LogP contribution in [0.2, 0.25) is 0 Å². The second-order valence-electron chi connectivity index (χ2n) is 7.12. The fourth-order valence-corrected chi connectivity index (χ4v) is 4.36. The van der Waals surface area contributed by atoms with Crippen LogP contribution in [0.5, 0.6) is 0 Å². The molecule has 0 atom stereocenters. The normalized spacial score (nSPS) is 16.8. The number of aromatic nitrogens is 2. The van der Waals surface area contributed by atoms with Gasteiger partial charge in [-0.15, -0.1) is 24.0 Å². The number of fused-ring (bicyclic) bond motifs is 1. The summed E-state index contributed by atoms with van der Waals surface area (Å²) in [6, 6.07) is 5.80. The van der Waals surface area contributed by atoms with Crippen LogP contribution >= 0.6 is 24.0 Å². The summed E-state index contributed by atoms with van der Waals surface area (Å²) in [7, 11) is -3.60. The number of hydrogen-bond acceptors (Lipinski definition) is 4. The van der Waals surface area contributed by atoms with Crippen LogP contribution in [0.4, 0.5) is 13.2 Å². The molecule has 3 heterocycles. The largest absolute Gasteiger partial charge is 0.511 e. The van der Waals surface area contributed by atoms with Crippen molar-refractivity contribution in [2.45, 2.75) is 24.8 Å². The number of halogens is 4. The van der Waals surface area contributed by atoms with Crippen molar-refractivity contribution in [1.82, 2.24) is 24.3 Å². The fourth-order valence-electron chi connectivity index (χ4n) is 3.38. The van der Waals surface area contributed by atoms with Crippen molar-refractivity contribution >= 4 is 45.6 Å². The molecule has 0 aliphatic carbocycles. The zero-order chi connectivity index (χ0) is 21.8. The summed E-state index contributed by atoms with van der Waals surface area (Å²) in [6.45, 7) is 0.863. The molecule has 2 aromatic rings. The fraction of sp³-hybridized carbons (Fsp3) is 0.556. The second-order valence-corrected chi connectivity index (χ2v) is 9.05. The molecule has 13 heteroatoms. The zero-order valence-corrected chi connectivity index (χ0v) is 20.1. The standard InChI is InChI=1S/C18H25F3N6O2S.HI/c1-22-17(23-8-5-15-13-26-9-3-2-4-16(26)25-15)24-12-14-6-10-27(11-7-14)30(28,29)18(19,20)21;/h2-4,9,13-14H,5-8,10-12H2,1H3,(H2,22,23,24);1H. The molecule has 0 spiro atoms. The summed E-state index contributed by atoms with van der Waals surface area (Å²) in [5, 5.41) is 6.35. The molecule has 0 saturated carbocycles. The van der Waals surface area contributed by atoms with Gasteiger partial charge in [-0.3, -0.25) is 4.99 Å². The number of rotatable bonds is 6. The molecule has 1 saturated heterocycles. The maximum atomic E-state index is 12.6. The van der Waals surface area contributed by atoms with Crippen LogP contribution in [-0.2, 0) is 16.4 Å². The van der Waals surface area contributed by atoms with Crippen molar-refractivity contribution in [1.29, 1.82) is 0 Å². The third-order valence-electron chi connectivity index (χ3n) is 5.08. The van der Waals surface area contributed by atoms with Gasteiger partial charge in [0, 0.05) is 52.0 Å². The van der Waals surface area contributed by atoms with E-state index in [1.807, 2.05) is 35.0 Å². The van der Waals surface area contributed by atoms with E-state index in [0.717, 1.165) is 11.3 Å². The van der Waals surface area contributed by atoms with Gasteiger partial charge in [-0.2, -0.15) is 17.5 Å². The van der Waals surface area contributed by atoms with E-state index in [-0.39, 0.29) is 43.0 Å². The maximum absolute atomic E-state index is 12.6. The van der Waals surface area contributed by atoms with Crippen LogP contribution in [0.3, 0.4) is 0 Å². The Morgan fingerprint density at radius 3 is 2.58 bits per heavy atom. The van der Waals surface area contributed by atoms with E-state index in [0.29, 0.717) is 42.6 Å². The minimum atomic E-state index is -5.25. The average molecular weight is 574 g/mol. The van der Waals surface area contributed by atoms with Gasteiger partial charge in [-0.05, 0) is 30.9 Å². The highest BCUT2D eigenvalue weighted by atomic mass is 127. The number of pyridine rings is 1. The van der Waals surface area contributed by atoms with Crippen LogP contribution in [-0.4, -0.2) is 66.8 Å². The van der Waals surface area contributed by atoms with E-state index in [1.165, 1.54) is 0 Å². The molecule has 0 radical (unpaired) electrons. The number of alkyl halides is 3. The zero-order valence-electron chi connectivity index (χ0n) is 17.0. The lowest BCUT2D eigenvalue weighted by molar-refractivity contribution is -0.0496. The first-order chi connectivity index (χ1) is 14.2. The summed E-state index contributed by atoms with van der Waals surface area (Å²) in [5.74, 6) is 0.658. The van der Waals surface area contributed by atoms with E-state index in [1.54, 1.807) is 7.05 Å². The molecule has 2 aromatic heterocycles. The molecule has 1 aliphatic rings. The highest BCUT2D eigenvalue weighted by Crippen LogP contribution is 2.30. The number of guanidine groups is 1. The Labute approximate surface area is 196 Å². The second kappa shape index (κ2) is 10.8. The van der Waals surface area contributed by atoms with Crippen molar-refractivity contribution in [3.63, 3.8) is 0 Å². The minimum absolute atomic E-state index is 0. The molecule has 1 fully saturated rings. The summed E-state index contributed by atoms with van der Waals surface area (Å²) >= 11 is 0. The Morgan fingerprint density at radius 2 is 1.97 bits per heavy atom. The van der Waals surface area contributed by atoms with Gasteiger partial charge in [-0.25, -0.2) is 13.4 Å². The Balaban J connectivity index is 0.00000341. The lowest BCUT2D eigenvalue weighted by Crippen LogP contribution is -2.47. The molecular weight excluding hydrogens is 548 g/mol. The van der Waals surface area contributed by atoms with Gasteiger partial charge in [0.05, 0.1) is 5.69 Å². The van der Waals surface area contributed by atoms with Gasteiger partial charge in [0.25, 0.3) is 0 Å². The average Bonchev–Trinajstić information content (AvgIpc) is 3.13. The summed E-state index contributed by atoms with van der Waals surface area (Å²) in [5.41, 5.74) is -3.42. The highest BCUT2D eigenvalue weighted by Gasteiger charge is 2.50. The molecule has 0 amide bonds. The number of nitrogens with zero attached hydrogens (tertiary/aromatic N) is 4. The summed E-state index contributed by atoms with van der Waals surface area (Å²) in [4.78, 5) is 8.67. The molecule has 0 aromatic carbocycles. The third-order valence-corrected chi connectivity index (χ3v) is 6.71. The number of sulfonamides is 1. The van der Waals surface area contributed by atoms with Crippen molar-refractivity contribution in [3.8, 4) is 0 Å². The molecule has 0 bridgehead atoms. The van der Waals surface area contributed by atoms with Crippen LogP contribution in [0, 0.1) is 5.92 Å². The Bertz CT molecular complexity index is 955. The summed E-state index contributed by atoms with van der Waals surface area (Å²) in [6.07, 6.45) is 5.33. The Hall–Kier alpha value is -1.61. The van der Waals surface area contributed by atoms with Crippen LogP contribution in [0.25, 0.3) is 5.65 Å².